The van der Waals surface area contributed by atoms with E-state index in [1.807, 2.05) is 12.3 Å². The molecule has 0 N–H and O–H groups in total. The number of hydrogen-bond donors (Lipinski definition) is 0. The van der Waals surface area contributed by atoms with Crippen molar-refractivity contribution in [1.29, 1.82) is 0 Å². The van der Waals surface area contributed by atoms with Crippen molar-refractivity contribution in [2.24, 2.45) is 0 Å². The summed E-state index contributed by atoms with van der Waals surface area (Å²) in [7, 11) is 0. The van der Waals surface area contributed by atoms with Crippen molar-refractivity contribution in [3.8, 4) is 34.1 Å². The van der Waals surface area contributed by atoms with E-state index in [1.54, 1.807) is 0 Å². The Hall–Kier alpha value is -5.77. The van der Waals surface area contributed by atoms with Crippen LogP contribution in [0.25, 0.3) is 50.0 Å². The van der Waals surface area contributed by atoms with E-state index in [0.29, 0.717) is 0 Å². The summed E-state index contributed by atoms with van der Waals surface area (Å²) in [5, 5.41) is 2.34. The van der Waals surface area contributed by atoms with E-state index in [1.165, 1.54) is 50.0 Å². The van der Waals surface area contributed by atoms with Crippen molar-refractivity contribution < 1.29 is 24.1 Å². The monoisotopic (exact) mass is 909 g/mol. The number of nitrogens with zero attached hydrogens (tertiary/aromatic N) is 4. The molecule has 0 amide bonds. The summed E-state index contributed by atoms with van der Waals surface area (Å²) < 4.78 is 14.9. The van der Waals surface area contributed by atoms with Crippen LogP contribution >= 0.6 is 0 Å². The molecule has 6 heteroatoms. The fraction of sp³-hybridized carbons (Fsp3) is 0.160. The molecular formula is C50H42N4OPt. The minimum absolute atomic E-state index is 0.0123. The summed E-state index contributed by atoms with van der Waals surface area (Å²) in [5.41, 5.74) is 13.6. The number of benzene rings is 5. The van der Waals surface area contributed by atoms with Gasteiger partial charge in [0.15, 0.2) is 0 Å². The quantitative estimate of drug-likeness (QED) is 0.172. The zero-order chi connectivity index (χ0) is 38.0. The van der Waals surface area contributed by atoms with E-state index >= 15 is 0 Å². The standard InChI is InChI=1S/C50H42N4O.Pt/c1-50(2,3)39-26-27-51-49(29-39)54-46-25-20-38(36-8-5-4-6-9-36)28-45(46)44-24-23-43(31-47(44)54)55-42-11-7-10-41(30-42)52-32-48-37-18-16-34-12-14-35(15-13-34)17-21-40(22-19-37)53(48)33-52;/h4-15,19-20,22-32H,16-18,21H2,1-3H3;. The van der Waals surface area contributed by atoms with Crippen molar-refractivity contribution >= 4 is 27.3 Å². The molecule has 0 spiro atoms. The van der Waals surface area contributed by atoms with Crippen LogP contribution in [-0.2, 0) is 50.5 Å². The van der Waals surface area contributed by atoms with Crippen LogP contribution in [0.5, 0.6) is 11.5 Å². The van der Waals surface area contributed by atoms with Gasteiger partial charge in [0, 0.05) is 6.20 Å². The van der Waals surface area contributed by atoms with Crippen molar-refractivity contribution in [1.82, 2.24) is 18.5 Å². The molecule has 2 aliphatic heterocycles. The Labute approximate surface area is 337 Å². The number of hydrogen-bond acceptors (Lipinski definition) is 2. The van der Waals surface area contributed by atoms with Gasteiger partial charge in [-0.3, -0.25) is 0 Å². The molecular weight excluding hydrogens is 868 g/mol. The predicted molar refractivity (Wildman–Crippen MR) is 224 cm³/mol. The maximum absolute atomic E-state index is 6.74. The van der Waals surface area contributed by atoms with E-state index < -0.39 is 0 Å². The Balaban J connectivity index is 1.05. The van der Waals surface area contributed by atoms with Crippen molar-refractivity contribution in [2.45, 2.75) is 51.9 Å². The second kappa shape index (κ2) is 13.8. The Kier molecular flexibility index (Phi) is 8.52. The number of pyridine rings is 2. The molecule has 5 nitrogen and oxygen atoms in total. The Morgan fingerprint density at radius 1 is 0.607 bits per heavy atom. The first-order valence-corrected chi connectivity index (χ1v) is 20.6. The van der Waals surface area contributed by atoms with E-state index in [9.17, 15) is 0 Å². The summed E-state index contributed by atoms with van der Waals surface area (Å²) in [4.78, 5) is 4.93. The van der Waals surface area contributed by atoms with Gasteiger partial charge in [-0.15, -0.1) is 0 Å². The molecule has 0 saturated carbocycles. The molecule has 6 heterocycles. The Bertz CT molecular complexity index is 3000. The first-order chi connectivity index (χ1) is 27.3. The van der Waals surface area contributed by atoms with Crippen molar-refractivity contribution in [3.63, 3.8) is 0 Å². The summed E-state index contributed by atoms with van der Waals surface area (Å²) in [5.74, 6) is 2.46. The minimum atomic E-state index is -0.0123. The van der Waals surface area contributed by atoms with Crippen LogP contribution in [0, 0.1) is 3.80 Å². The van der Waals surface area contributed by atoms with Gasteiger partial charge in [0.1, 0.15) is 0 Å². The molecule has 9 aromatic rings. The van der Waals surface area contributed by atoms with E-state index in [2.05, 4.69) is 193 Å². The van der Waals surface area contributed by atoms with Crippen LogP contribution in [-0.4, -0.2) is 18.5 Å². The molecule has 4 aliphatic rings. The van der Waals surface area contributed by atoms with Gasteiger partial charge in [0.05, 0.1) is 0 Å². The molecule has 0 unspecified atom stereocenters. The molecule has 2 aliphatic carbocycles. The van der Waals surface area contributed by atoms with Crippen molar-refractivity contribution in [2.75, 3.05) is 0 Å². The fourth-order valence-corrected chi connectivity index (χ4v) is 9.28. The zero-order valence-electron chi connectivity index (χ0n) is 31.8. The summed E-state index contributed by atoms with van der Waals surface area (Å²) >= 11 is 2.49. The molecule has 13 rings (SSSR count). The first-order valence-electron chi connectivity index (χ1n) is 19.4. The van der Waals surface area contributed by atoms with Crippen LogP contribution in [0.15, 0.2) is 152 Å². The van der Waals surface area contributed by atoms with Crippen LogP contribution in [0.3, 0.4) is 0 Å². The Morgan fingerprint density at radius 2 is 1.39 bits per heavy atom. The van der Waals surface area contributed by atoms with Crippen molar-refractivity contribution in [3.05, 3.63) is 184 Å². The molecule has 5 aromatic carbocycles. The van der Waals surface area contributed by atoms with Gasteiger partial charge in [-0.05, 0) is 28.2 Å². The molecule has 0 radical (unpaired) electrons. The molecule has 0 fully saturated rings. The molecule has 278 valence electrons. The van der Waals surface area contributed by atoms with Gasteiger partial charge >= 0.3 is 248 Å². The van der Waals surface area contributed by atoms with Crippen LogP contribution in [0.4, 0.5) is 0 Å². The summed E-state index contributed by atoms with van der Waals surface area (Å²) in [6.45, 7) is 6.74. The predicted octanol–water partition coefficient (Wildman–Crippen LogP) is 11.9. The van der Waals surface area contributed by atoms with Gasteiger partial charge < -0.3 is 0 Å². The van der Waals surface area contributed by atoms with Crippen LogP contribution in [0.2, 0.25) is 0 Å². The number of aromatic nitrogens is 4. The maximum atomic E-state index is 6.74. The third kappa shape index (κ3) is 6.25. The first kappa shape index (κ1) is 34.7. The van der Waals surface area contributed by atoms with E-state index in [-0.39, 0.29) is 5.41 Å². The topological polar surface area (TPSA) is 36.4 Å². The number of fused-ring (bicyclic) bond motifs is 3. The summed E-state index contributed by atoms with van der Waals surface area (Å²) in [6, 6.07) is 50.5. The van der Waals surface area contributed by atoms with E-state index in [4.69, 9.17) is 9.72 Å². The number of imidazole rings is 1. The third-order valence-electron chi connectivity index (χ3n) is 11.3. The fourth-order valence-electron chi connectivity index (χ4n) is 8.24. The second-order valence-electron chi connectivity index (χ2n) is 16.0. The molecule has 4 aromatic heterocycles. The van der Waals surface area contributed by atoms with Crippen LogP contribution in [0.1, 0.15) is 48.7 Å². The Morgan fingerprint density at radius 3 is 2.20 bits per heavy atom. The van der Waals surface area contributed by atoms with Gasteiger partial charge in [0.2, 0.25) is 0 Å². The van der Waals surface area contributed by atoms with E-state index in [0.717, 1.165) is 68.9 Å². The average molecular weight is 910 g/mol. The van der Waals surface area contributed by atoms with Gasteiger partial charge in [-0.25, -0.2) is 0 Å². The molecule has 56 heavy (non-hydrogen) atoms. The van der Waals surface area contributed by atoms with Gasteiger partial charge in [0.25, 0.3) is 0 Å². The molecule has 0 atom stereocenters. The third-order valence-corrected chi connectivity index (χ3v) is 12.4. The summed E-state index contributed by atoms with van der Waals surface area (Å²) in [6.07, 6.45) is 8.25. The van der Waals surface area contributed by atoms with Gasteiger partial charge in [-0.1, -0.05) is 57.2 Å². The number of rotatable bonds is 5. The second-order valence-corrected chi connectivity index (χ2v) is 17.0. The normalized spacial score (nSPS) is 13.1. The number of ether oxygens (including phenoxy) is 1. The van der Waals surface area contributed by atoms with Gasteiger partial charge in [-0.2, -0.15) is 0 Å². The zero-order valence-corrected chi connectivity index (χ0v) is 34.0. The molecule has 4 bridgehead atoms. The average Bonchev–Trinajstić information content (AvgIpc) is 3.73. The number of aryl methyl sites for hydroxylation is 4. The molecule has 0 saturated heterocycles. The SMILES string of the molecule is CC(C)(C)c1ccnc(-n2c3ccc(-c4ccccc4)cc3c3ccc(Oc4cccc(-n5cc6c7ccc(n6[c]5=[Pt])CCc5ccc(cc5)CC7)c4)cc32)c1. The van der Waals surface area contributed by atoms with Crippen LogP contribution < -0.4 is 4.74 Å².